The number of halogens is 2. The topological polar surface area (TPSA) is 145 Å². The third-order valence-corrected chi connectivity index (χ3v) is 4.54. The lowest BCUT2D eigenvalue weighted by molar-refractivity contribution is 0.234. The van der Waals surface area contributed by atoms with E-state index >= 15 is 0 Å². The lowest BCUT2D eigenvalue weighted by Crippen LogP contribution is -2.22. The number of hydrogen-bond acceptors (Lipinski definition) is 7. The molecule has 0 fully saturated rings. The van der Waals surface area contributed by atoms with Gasteiger partial charge in [-0.1, -0.05) is 24.3 Å². The molecule has 2 aromatic carbocycles. The summed E-state index contributed by atoms with van der Waals surface area (Å²) in [5.41, 5.74) is 9.65. The Kier molecular flexibility index (Phi) is 6.52. The quantitative estimate of drug-likeness (QED) is 0.206. The van der Waals surface area contributed by atoms with Gasteiger partial charge in [0.15, 0.2) is 11.5 Å². The van der Waals surface area contributed by atoms with Crippen LogP contribution in [0.15, 0.2) is 56.6 Å². The molecule has 0 amide bonds. The number of nitrogens with zero attached hydrogens (tertiary/aromatic N) is 3. The number of hydrogen-bond donors (Lipinski definition) is 5. The van der Waals surface area contributed by atoms with Crippen molar-refractivity contribution in [1.29, 1.82) is 5.41 Å². The number of aliphatic imine (C=N–C) groups is 1. The first-order valence-corrected chi connectivity index (χ1v) is 9.21. The van der Waals surface area contributed by atoms with Crippen molar-refractivity contribution in [1.82, 2.24) is 15.8 Å². The fraction of sp³-hybridized carbons (Fsp3) is 0.111. The minimum absolute atomic E-state index is 0.0157. The van der Waals surface area contributed by atoms with Crippen molar-refractivity contribution in [3.05, 3.63) is 69.6 Å². The first-order valence-electron chi connectivity index (χ1n) is 8.42. The van der Waals surface area contributed by atoms with Gasteiger partial charge in [-0.3, -0.25) is 16.1 Å². The molecule has 150 valence electrons. The van der Waals surface area contributed by atoms with Crippen LogP contribution in [-0.2, 0) is 6.42 Å². The fourth-order valence-corrected chi connectivity index (χ4v) is 2.82. The number of nitrogens with two attached hydrogens (primary N) is 1. The normalized spacial score (nSPS) is 11.3. The average molecular weight is 462 g/mol. The van der Waals surface area contributed by atoms with Crippen molar-refractivity contribution in [2.75, 3.05) is 11.9 Å². The molecule has 0 aliphatic heterocycles. The smallest absolute Gasteiger partial charge is 0.202 e. The van der Waals surface area contributed by atoms with E-state index in [1.54, 1.807) is 12.1 Å². The summed E-state index contributed by atoms with van der Waals surface area (Å²) in [6.07, 6.45) is 0.661. The van der Waals surface area contributed by atoms with Gasteiger partial charge < -0.3 is 11.1 Å². The van der Waals surface area contributed by atoms with Gasteiger partial charge in [0.1, 0.15) is 11.7 Å². The molecule has 29 heavy (non-hydrogen) atoms. The molecule has 0 aliphatic carbocycles. The number of benzene rings is 2. The standard InChI is InChI=1S/C18H17BrFN7O2/c19-13-9-12(5-6-14(13)20)24-18(25-28)15-17(27-29-26-15)23-8-7-10-1-3-11(4-2-10)16(21)22/h1-6,9,28H,7-8H2,(H3,21,22)(H,23,27)(H,24,25). The summed E-state index contributed by atoms with van der Waals surface area (Å²) in [6.45, 7) is 0.501. The fourth-order valence-electron chi connectivity index (χ4n) is 2.45. The monoisotopic (exact) mass is 461 g/mol. The molecule has 0 bridgehead atoms. The molecule has 0 spiro atoms. The van der Waals surface area contributed by atoms with Crippen molar-refractivity contribution in [3.63, 3.8) is 0 Å². The molecule has 0 atom stereocenters. The van der Waals surface area contributed by atoms with Gasteiger partial charge in [-0.2, -0.15) is 0 Å². The summed E-state index contributed by atoms with van der Waals surface area (Å²) in [5.74, 6) is -0.140. The SMILES string of the molecule is N=C(N)c1ccc(CCNc2nonc2C(=Nc2ccc(F)c(Br)c2)NO)cc1. The third kappa shape index (κ3) is 5.15. The Morgan fingerprint density at radius 2 is 2.00 bits per heavy atom. The summed E-state index contributed by atoms with van der Waals surface area (Å²) < 4.78 is 18.4. The van der Waals surface area contributed by atoms with E-state index in [1.165, 1.54) is 18.2 Å². The highest BCUT2D eigenvalue weighted by atomic mass is 79.9. The summed E-state index contributed by atoms with van der Waals surface area (Å²) in [5, 5.41) is 27.5. The molecular formula is C18H17BrFN7O2. The Hall–Kier alpha value is -3.31. The van der Waals surface area contributed by atoms with Gasteiger partial charge in [0, 0.05) is 12.1 Å². The van der Waals surface area contributed by atoms with Gasteiger partial charge in [-0.15, -0.1) is 0 Å². The molecule has 0 unspecified atom stereocenters. The molecule has 3 aromatic rings. The zero-order valence-corrected chi connectivity index (χ0v) is 16.6. The van der Waals surface area contributed by atoms with E-state index in [9.17, 15) is 9.60 Å². The van der Waals surface area contributed by atoms with Crippen LogP contribution in [0.25, 0.3) is 0 Å². The first kappa shape index (κ1) is 20.4. The second-order valence-electron chi connectivity index (χ2n) is 5.92. The van der Waals surface area contributed by atoms with Gasteiger partial charge in [-0.05, 0) is 56.4 Å². The van der Waals surface area contributed by atoms with E-state index in [-0.39, 0.29) is 27.7 Å². The van der Waals surface area contributed by atoms with Crippen LogP contribution in [0, 0.1) is 11.2 Å². The number of rotatable bonds is 7. The zero-order valence-electron chi connectivity index (χ0n) is 15.0. The van der Waals surface area contributed by atoms with Crippen LogP contribution in [0.5, 0.6) is 0 Å². The van der Waals surface area contributed by atoms with Crippen molar-refractivity contribution in [2.24, 2.45) is 10.7 Å². The van der Waals surface area contributed by atoms with Crippen LogP contribution in [0.3, 0.4) is 0 Å². The Balaban J connectivity index is 1.69. The van der Waals surface area contributed by atoms with Gasteiger partial charge in [0.2, 0.25) is 5.82 Å². The third-order valence-electron chi connectivity index (χ3n) is 3.93. The maximum atomic E-state index is 13.4. The van der Waals surface area contributed by atoms with Gasteiger partial charge in [-0.25, -0.2) is 14.0 Å². The molecule has 0 saturated carbocycles. The number of nitrogen functional groups attached to an aromatic ring is 1. The Morgan fingerprint density at radius 3 is 2.66 bits per heavy atom. The predicted octanol–water partition coefficient (Wildman–Crippen LogP) is 2.97. The molecule has 0 radical (unpaired) electrons. The highest BCUT2D eigenvalue weighted by Crippen LogP contribution is 2.23. The Labute approximate surface area is 173 Å². The maximum Gasteiger partial charge on any atom is 0.202 e. The number of nitrogens with one attached hydrogen (secondary N) is 3. The number of anilines is 1. The second kappa shape index (κ2) is 9.26. The van der Waals surface area contributed by atoms with E-state index in [1.807, 2.05) is 17.6 Å². The van der Waals surface area contributed by atoms with Crippen molar-refractivity contribution in [2.45, 2.75) is 6.42 Å². The van der Waals surface area contributed by atoms with Crippen LogP contribution < -0.4 is 16.5 Å². The molecule has 1 aromatic heterocycles. The molecule has 1 heterocycles. The van der Waals surface area contributed by atoms with E-state index in [4.69, 9.17) is 15.8 Å². The Morgan fingerprint density at radius 1 is 1.24 bits per heavy atom. The summed E-state index contributed by atoms with van der Waals surface area (Å²) in [4.78, 5) is 4.20. The van der Waals surface area contributed by atoms with Crippen LogP contribution in [0.4, 0.5) is 15.9 Å². The van der Waals surface area contributed by atoms with Crippen LogP contribution in [0.2, 0.25) is 0 Å². The molecule has 6 N–H and O–H groups in total. The molecule has 0 saturated heterocycles. The molecule has 0 aliphatic rings. The Bertz CT molecular complexity index is 1040. The highest BCUT2D eigenvalue weighted by molar-refractivity contribution is 9.10. The maximum absolute atomic E-state index is 13.4. The highest BCUT2D eigenvalue weighted by Gasteiger charge is 2.16. The van der Waals surface area contributed by atoms with Gasteiger partial charge in [0.05, 0.1) is 10.2 Å². The van der Waals surface area contributed by atoms with Gasteiger partial charge in [0.25, 0.3) is 0 Å². The number of amidine groups is 2. The molecule has 3 rings (SSSR count). The van der Waals surface area contributed by atoms with Crippen molar-refractivity contribution >= 4 is 39.1 Å². The van der Waals surface area contributed by atoms with E-state index in [0.717, 1.165) is 5.56 Å². The minimum Gasteiger partial charge on any atom is -0.384 e. The molecule has 11 heteroatoms. The number of hydroxylamine groups is 1. The molecular weight excluding hydrogens is 445 g/mol. The average Bonchev–Trinajstić information content (AvgIpc) is 3.17. The zero-order chi connectivity index (χ0) is 20.8. The lowest BCUT2D eigenvalue weighted by atomic mass is 10.1. The summed E-state index contributed by atoms with van der Waals surface area (Å²) >= 11 is 3.09. The van der Waals surface area contributed by atoms with Crippen LogP contribution in [0.1, 0.15) is 16.8 Å². The largest absolute Gasteiger partial charge is 0.384 e. The molecule has 9 nitrogen and oxygen atoms in total. The summed E-state index contributed by atoms with van der Waals surface area (Å²) in [6, 6.07) is 11.5. The van der Waals surface area contributed by atoms with Crippen molar-refractivity contribution < 1.29 is 14.2 Å². The van der Waals surface area contributed by atoms with Crippen molar-refractivity contribution in [3.8, 4) is 0 Å². The van der Waals surface area contributed by atoms with Crippen LogP contribution >= 0.6 is 15.9 Å². The number of aromatic nitrogens is 2. The predicted molar refractivity (Wildman–Crippen MR) is 109 cm³/mol. The van der Waals surface area contributed by atoms with Gasteiger partial charge >= 0.3 is 0 Å². The first-order chi connectivity index (χ1) is 14.0. The minimum atomic E-state index is -0.427. The summed E-state index contributed by atoms with van der Waals surface area (Å²) in [7, 11) is 0. The second-order valence-corrected chi connectivity index (χ2v) is 6.77. The van der Waals surface area contributed by atoms with E-state index in [0.29, 0.717) is 24.2 Å². The van der Waals surface area contributed by atoms with Crippen LogP contribution in [-0.4, -0.2) is 33.7 Å². The van der Waals surface area contributed by atoms with E-state index < -0.39 is 5.82 Å². The lowest BCUT2D eigenvalue weighted by Gasteiger charge is -2.07. The van der Waals surface area contributed by atoms with E-state index in [2.05, 4.69) is 36.6 Å².